The molecule has 0 fully saturated rings. The van der Waals surface area contributed by atoms with E-state index in [2.05, 4.69) is 6.92 Å². The monoisotopic (exact) mass is 161 g/mol. The van der Waals surface area contributed by atoms with Gasteiger partial charge >= 0.3 is 0 Å². The first kappa shape index (κ1) is 7.48. The van der Waals surface area contributed by atoms with Gasteiger partial charge in [-0.15, -0.1) is 0 Å². The second kappa shape index (κ2) is 2.54. The Hall–Kier alpha value is -0.630. The Kier molecular flexibility index (Phi) is 1.90. The molecular formula is C7H4ClF2. The molecule has 0 aliphatic heterocycles. The van der Waals surface area contributed by atoms with E-state index < -0.39 is 11.6 Å². The van der Waals surface area contributed by atoms with Crippen molar-refractivity contribution in [2.75, 3.05) is 0 Å². The van der Waals surface area contributed by atoms with Crippen LogP contribution >= 0.6 is 11.6 Å². The number of benzene rings is 1. The average Bonchev–Trinajstić information content (AvgIpc) is 1.93. The smallest absolute Gasteiger partial charge is 0.147 e. The molecule has 0 spiro atoms. The lowest BCUT2D eigenvalue weighted by molar-refractivity contribution is 0.575. The van der Waals surface area contributed by atoms with Crippen LogP contribution in [0.25, 0.3) is 0 Å². The van der Waals surface area contributed by atoms with E-state index in [1.54, 1.807) is 0 Å². The Balaban J connectivity index is 3.34. The van der Waals surface area contributed by atoms with E-state index in [1.807, 2.05) is 0 Å². The van der Waals surface area contributed by atoms with Gasteiger partial charge in [-0.3, -0.25) is 0 Å². The van der Waals surface area contributed by atoms with Crippen molar-refractivity contribution < 1.29 is 8.78 Å². The van der Waals surface area contributed by atoms with E-state index in [9.17, 15) is 8.78 Å². The molecule has 1 aromatic carbocycles. The summed E-state index contributed by atoms with van der Waals surface area (Å²) in [7, 11) is 0. The Morgan fingerprint density at radius 3 is 2.40 bits per heavy atom. The standard InChI is InChI=1S/C7H4ClF2/c1-4-6(9)3-2-5(8)7(4)10/h2-3H,1H2. The Morgan fingerprint density at radius 2 is 1.90 bits per heavy atom. The summed E-state index contributed by atoms with van der Waals surface area (Å²) >= 11 is 5.30. The van der Waals surface area contributed by atoms with Crippen LogP contribution in [0.4, 0.5) is 8.78 Å². The van der Waals surface area contributed by atoms with E-state index in [4.69, 9.17) is 11.6 Å². The third-order valence-electron chi connectivity index (χ3n) is 1.14. The Morgan fingerprint density at radius 1 is 1.30 bits per heavy atom. The molecule has 0 nitrogen and oxygen atoms in total. The number of hydrogen-bond donors (Lipinski definition) is 0. The minimum Gasteiger partial charge on any atom is -0.207 e. The van der Waals surface area contributed by atoms with E-state index in [0.29, 0.717) is 0 Å². The van der Waals surface area contributed by atoms with Crippen LogP contribution in [0.1, 0.15) is 5.56 Å². The van der Waals surface area contributed by atoms with Crippen molar-refractivity contribution in [1.82, 2.24) is 0 Å². The van der Waals surface area contributed by atoms with Crippen molar-refractivity contribution in [3.05, 3.63) is 41.3 Å². The molecule has 0 bridgehead atoms. The van der Waals surface area contributed by atoms with Crippen molar-refractivity contribution in [2.24, 2.45) is 0 Å². The van der Waals surface area contributed by atoms with Crippen molar-refractivity contribution in [2.45, 2.75) is 0 Å². The molecule has 0 atom stereocenters. The van der Waals surface area contributed by atoms with Crippen LogP contribution in [0, 0.1) is 18.6 Å². The highest BCUT2D eigenvalue weighted by Gasteiger charge is 2.06. The van der Waals surface area contributed by atoms with Crippen molar-refractivity contribution in [1.29, 1.82) is 0 Å². The van der Waals surface area contributed by atoms with Gasteiger partial charge in [-0.1, -0.05) is 11.6 Å². The average molecular weight is 162 g/mol. The van der Waals surface area contributed by atoms with Crippen LogP contribution in [0.5, 0.6) is 0 Å². The maximum Gasteiger partial charge on any atom is 0.147 e. The lowest BCUT2D eigenvalue weighted by Crippen LogP contribution is -1.87. The molecule has 1 radical (unpaired) electrons. The first-order valence-electron chi connectivity index (χ1n) is 2.58. The summed E-state index contributed by atoms with van der Waals surface area (Å²) in [6.45, 7) is 3.15. The molecule has 0 aliphatic carbocycles. The van der Waals surface area contributed by atoms with Gasteiger partial charge in [0.05, 0.1) is 5.02 Å². The van der Waals surface area contributed by atoms with E-state index >= 15 is 0 Å². The summed E-state index contributed by atoms with van der Waals surface area (Å²) < 4.78 is 25.0. The van der Waals surface area contributed by atoms with Gasteiger partial charge in [0.2, 0.25) is 0 Å². The molecule has 0 heterocycles. The minimum absolute atomic E-state index is 0.105. The van der Waals surface area contributed by atoms with Gasteiger partial charge in [0.1, 0.15) is 11.6 Å². The topological polar surface area (TPSA) is 0 Å². The summed E-state index contributed by atoms with van der Waals surface area (Å²) in [6, 6.07) is 2.23. The second-order valence-electron chi connectivity index (χ2n) is 1.82. The molecule has 3 heteroatoms. The van der Waals surface area contributed by atoms with E-state index in [0.717, 1.165) is 12.1 Å². The maximum absolute atomic E-state index is 12.6. The zero-order valence-electron chi connectivity index (χ0n) is 5.00. The molecule has 10 heavy (non-hydrogen) atoms. The lowest BCUT2D eigenvalue weighted by Gasteiger charge is -1.97. The lowest BCUT2D eigenvalue weighted by atomic mass is 10.2. The molecule has 1 rings (SSSR count). The zero-order valence-corrected chi connectivity index (χ0v) is 5.75. The van der Waals surface area contributed by atoms with Crippen molar-refractivity contribution >= 4 is 11.6 Å². The summed E-state index contributed by atoms with van der Waals surface area (Å²) in [6.07, 6.45) is 0. The summed E-state index contributed by atoms with van der Waals surface area (Å²) in [5, 5.41) is -0.105. The molecule has 0 unspecified atom stereocenters. The largest absolute Gasteiger partial charge is 0.207 e. The van der Waals surface area contributed by atoms with Crippen LogP contribution in [-0.2, 0) is 0 Å². The second-order valence-corrected chi connectivity index (χ2v) is 2.23. The SMILES string of the molecule is [CH2]c1c(F)ccc(Cl)c1F. The highest BCUT2D eigenvalue weighted by atomic mass is 35.5. The normalized spacial score (nSPS) is 10.0. The van der Waals surface area contributed by atoms with Gasteiger partial charge in [-0.25, -0.2) is 8.78 Å². The highest BCUT2D eigenvalue weighted by Crippen LogP contribution is 2.19. The fraction of sp³-hybridized carbons (Fsp3) is 0. The van der Waals surface area contributed by atoms with Crippen LogP contribution in [0.15, 0.2) is 12.1 Å². The third kappa shape index (κ3) is 1.12. The summed E-state index contributed by atoms with van der Waals surface area (Å²) in [5.41, 5.74) is -0.285. The highest BCUT2D eigenvalue weighted by molar-refractivity contribution is 6.30. The molecule has 1 aromatic rings. The van der Waals surface area contributed by atoms with Gasteiger partial charge < -0.3 is 0 Å². The predicted octanol–water partition coefficient (Wildman–Crippen LogP) is 2.80. The zero-order chi connectivity index (χ0) is 7.72. The van der Waals surface area contributed by atoms with E-state index in [-0.39, 0.29) is 10.6 Å². The summed E-state index contributed by atoms with van der Waals surface area (Å²) in [4.78, 5) is 0. The number of rotatable bonds is 0. The number of hydrogen-bond acceptors (Lipinski definition) is 0. The van der Waals surface area contributed by atoms with Gasteiger partial charge in [-0.2, -0.15) is 0 Å². The van der Waals surface area contributed by atoms with Crippen LogP contribution in [0.3, 0.4) is 0 Å². The Bertz CT molecular complexity index is 231. The molecule has 0 saturated heterocycles. The fourth-order valence-electron chi connectivity index (χ4n) is 0.569. The first-order chi connectivity index (χ1) is 4.63. The molecule has 0 amide bonds. The molecule has 0 aliphatic rings. The molecule has 0 N–H and O–H groups in total. The van der Waals surface area contributed by atoms with Crippen molar-refractivity contribution in [3.8, 4) is 0 Å². The van der Waals surface area contributed by atoms with Crippen molar-refractivity contribution in [3.63, 3.8) is 0 Å². The van der Waals surface area contributed by atoms with Gasteiger partial charge in [0.15, 0.2) is 0 Å². The van der Waals surface area contributed by atoms with Gasteiger partial charge in [0, 0.05) is 5.56 Å². The predicted molar refractivity (Wildman–Crippen MR) is 35.8 cm³/mol. The molecule has 0 aromatic heterocycles. The van der Waals surface area contributed by atoms with Crippen LogP contribution < -0.4 is 0 Å². The van der Waals surface area contributed by atoms with Crippen LogP contribution in [-0.4, -0.2) is 0 Å². The quantitative estimate of drug-likeness (QED) is 0.514. The first-order valence-corrected chi connectivity index (χ1v) is 2.96. The molecule has 53 valence electrons. The minimum atomic E-state index is -0.790. The fourth-order valence-corrected chi connectivity index (χ4v) is 0.746. The van der Waals surface area contributed by atoms with Gasteiger partial charge in [0.25, 0.3) is 0 Å². The molecule has 0 saturated carbocycles. The Labute approximate surface area is 62.4 Å². The molecular weight excluding hydrogens is 158 g/mol. The number of halogens is 3. The third-order valence-corrected chi connectivity index (χ3v) is 1.43. The van der Waals surface area contributed by atoms with Gasteiger partial charge in [-0.05, 0) is 19.1 Å². The van der Waals surface area contributed by atoms with Crippen LogP contribution in [0.2, 0.25) is 5.02 Å². The maximum atomic E-state index is 12.6. The summed E-state index contributed by atoms with van der Waals surface area (Å²) in [5.74, 6) is -1.47. The van der Waals surface area contributed by atoms with E-state index in [1.165, 1.54) is 0 Å².